The van der Waals surface area contributed by atoms with Crippen molar-refractivity contribution in [3.05, 3.63) is 56.0 Å². The molecule has 1 aliphatic heterocycles. The summed E-state index contributed by atoms with van der Waals surface area (Å²) in [6, 6.07) is 6.45. The highest BCUT2D eigenvalue weighted by molar-refractivity contribution is 6.30. The van der Waals surface area contributed by atoms with Crippen LogP contribution in [-0.2, 0) is 18.3 Å². The summed E-state index contributed by atoms with van der Waals surface area (Å²) in [7, 11) is 1.35. The average Bonchev–Trinajstić information content (AvgIpc) is 3.26. The van der Waals surface area contributed by atoms with Gasteiger partial charge in [0.1, 0.15) is 0 Å². The van der Waals surface area contributed by atoms with Crippen LogP contribution in [0.1, 0.15) is 31.6 Å². The fourth-order valence-corrected chi connectivity index (χ4v) is 3.56. The molecule has 31 heavy (non-hydrogen) atoms. The third-order valence-electron chi connectivity index (χ3n) is 5.19. The second-order valence-corrected chi connectivity index (χ2v) is 7.77. The Bertz CT molecular complexity index is 1210. The van der Waals surface area contributed by atoms with Gasteiger partial charge in [-0.25, -0.2) is 4.79 Å². The van der Waals surface area contributed by atoms with Gasteiger partial charge in [-0.3, -0.25) is 14.2 Å². The Kier molecular flexibility index (Phi) is 5.99. The Balaban J connectivity index is 1.58. The van der Waals surface area contributed by atoms with E-state index in [1.807, 2.05) is 4.90 Å². The van der Waals surface area contributed by atoms with Crippen molar-refractivity contribution in [3.63, 3.8) is 0 Å². The van der Waals surface area contributed by atoms with Gasteiger partial charge in [0.2, 0.25) is 17.6 Å². The standard InChI is InChI=1S/C20H21ClN6O4/c1-25-19(29)17(23-27(20(25)30)14-7-5-13(21)6-8-14)18-22-15(31-24-18)9-10-16(28)26-11-3-2-4-12-26/h5-8H,2-4,9-12H2,1H3. The van der Waals surface area contributed by atoms with E-state index in [1.165, 1.54) is 7.05 Å². The van der Waals surface area contributed by atoms with Gasteiger partial charge in [-0.15, -0.1) is 0 Å². The molecule has 4 rings (SSSR count). The van der Waals surface area contributed by atoms with E-state index in [4.69, 9.17) is 16.1 Å². The summed E-state index contributed by atoms with van der Waals surface area (Å²) in [6.45, 7) is 1.56. The van der Waals surface area contributed by atoms with Crippen molar-refractivity contribution in [1.82, 2.24) is 29.4 Å². The van der Waals surface area contributed by atoms with Gasteiger partial charge in [0.15, 0.2) is 5.69 Å². The minimum absolute atomic E-state index is 0.0382. The smallest absolute Gasteiger partial charge is 0.343 e. The molecular weight excluding hydrogens is 424 g/mol. The molecule has 11 heteroatoms. The number of carbonyl (C=O) groups excluding carboxylic acids is 1. The number of amides is 1. The number of benzene rings is 1. The maximum absolute atomic E-state index is 12.6. The van der Waals surface area contributed by atoms with E-state index < -0.39 is 11.2 Å². The molecule has 3 heterocycles. The molecule has 1 saturated heterocycles. The minimum atomic E-state index is -0.646. The zero-order chi connectivity index (χ0) is 22.0. The number of piperidine rings is 1. The summed E-state index contributed by atoms with van der Waals surface area (Å²) in [6.07, 6.45) is 3.71. The van der Waals surface area contributed by atoms with Crippen molar-refractivity contribution in [1.29, 1.82) is 0 Å². The van der Waals surface area contributed by atoms with Crippen LogP contribution in [-0.4, -0.2) is 48.4 Å². The van der Waals surface area contributed by atoms with Gasteiger partial charge in [0, 0.05) is 38.0 Å². The molecule has 1 aromatic carbocycles. The van der Waals surface area contributed by atoms with E-state index in [-0.39, 0.29) is 36.2 Å². The Hall–Kier alpha value is -3.27. The molecule has 162 valence electrons. The number of hydrogen-bond donors (Lipinski definition) is 0. The highest BCUT2D eigenvalue weighted by atomic mass is 35.5. The number of halogens is 1. The highest BCUT2D eigenvalue weighted by Crippen LogP contribution is 2.15. The van der Waals surface area contributed by atoms with Crippen LogP contribution in [0, 0.1) is 0 Å². The molecule has 0 aliphatic carbocycles. The van der Waals surface area contributed by atoms with E-state index in [0.717, 1.165) is 41.6 Å². The second-order valence-electron chi connectivity index (χ2n) is 7.34. The number of hydrogen-bond acceptors (Lipinski definition) is 7. The van der Waals surface area contributed by atoms with Gasteiger partial charge in [-0.2, -0.15) is 14.8 Å². The monoisotopic (exact) mass is 444 g/mol. The van der Waals surface area contributed by atoms with Crippen molar-refractivity contribution in [3.8, 4) is 17.2 Å². The molecule has 1 fully saturated rings. The van der Waals surface area contributed by atoms with Crippen LogP contribution in [0.25, 0.3) is 17.2 Å². The summed E-state index contributed by atoms with van der Waals surface area (Å²) in [5.41, 5.74) is -0.963. The van der Waals surface area contributed by atoms with Gasteiger partial charge >= 0.3 is 5.69 Å². The second kappa shape index (κ2) is 8.84. The quantitative estimate of drug-likeness (QED) is 0.586. The van der Waals surface area contributed by atoms with Crippen LogP contribution in [0.2, 0.25) is 5.02 Å². The fraction of sp³-hybridized carbons (Fsp3) is 0.400. The van der Waals surface area contributed by atoms with Crippen molar-refractivity contribution < 1.29 is 9.32 Å². The third-order valence-corrected chi connectivity index (χ3v) is 5.44. The Labute approximate surface area is 182 Å². The summed E-state index contributed by atoms with van der Waals surface area (Å²) >= 11 is 5.90. The van der Waals surface area contributed by atoms with Crippen LogP contribution >= 0.6 is 11.6 Å². The number of aryl methyl sites for hydroxylation is 1. The molecule has 1 aliphatic rings. The minimum Gasteiger partial charge on any atom is -0.343 e. The summed E-state index contributed by atoms with van der Waals surface area (Å²) in [5.74, 6) is 0.238. The zero-order valence-corrected chi connectivity index (χ0v) is 17.7. The SMILES string of the molecule is Cn1c(=O)c(-c2noc(CCC(=O)N3CCCCC3)n2)nn(-c2ccc(Cl)cc2)c1=O. The van der Waals surface area contributed by atoms with Crippen molar-refractivity contribution >= 4 is 17.5 Å². The first-order valence-corrected chi connectivity index (χ1v) is 10.4. The third kappa shape index (κ3) is 4.43. The molecular formula is C20H21ClN6O4. The molecule has 0 unspecified atom stereocenters. The Morgan fingerprint density at radius 1 is 1.13 bits per heavy atom. The predicted molar refractivity (Wildman–Crippen MR) is 112 cm³/mol. The van der Waals surface area contributed by atoms with E-state index in [2.05, 4.69) is 15.2 Å². The largest absolute Gasteiger partial charge is 0.351 e. The lowest BCUT2D eigenvalue weighted by atomic mass is 10.1. The van der Waals surface area contributed by atoms with Gasteiger partial charge in [-0.05, 0) is 43.5 Å². The molecule has 0 saturated carbocycles. The van der Waals surface area contributed by atoms with E-state index in [0.29, 0.717) is 10.7 Å². The number of aromatic nitrogens is 5. The predicted octanol–water partition coefficient (Wildman–Crippen LogP) is 1.58. The molecule has 10 nitrogen and oxygen atoms in total. The van der Waals surface area contributed by atoms with Gasteiger partial charge in [0.05, 0.1) is 5.69 Å². The summed E-state index contributed by atoms with van der Waals surface area (Å²) < 4.78 is 7.21. The van der Waals surface area contributed by atoms with Crippen LogP contribution in [0.4, 0.5) is 0 Å². The molecule has 1 amide bonds. The lowest BCUT2D eigenvalue weighted by Gasteiger charge is -2.26. The maximum Gasteiger partial charge on any atom is 0.351 e. The van der Waals surface area contributed by atoms with Crippen LogP contribution in [0.5, 0.6) is 0 Å². The van der Waals surface area contributed by atoms with E-state index >= 15 is 0 Å². The van der Waals surface area contributed by atoms with Crippen LogP contribution in [0.15, 0.2) is 38.4 Å². The number of likely N-dealkylation sites (tertiary alicyclic amines) is 1. The lowest BCUT2D eigenvalue weighted by Crippen LogP contribution is -2.40. The Morgan fingerprint density at radius 3 is 2.55 bits per heavy atom. The number of carbonyl (C=O) groups is 1. The van der Waals surface area contributed by atoms with Crippen molar-refractivity contribution in [2.24, 2.45) is 7.05 Å². The van der Waals surface area contributed by atoms with Gasteiger partial charge in [-0.1, -0.05) is 16.8 Å². The first-order valence-electron chi connectivity index (χ1n) is 10.0. The molecule has 0 bridgehead atoms. The molecule has 0 N–H and O–H groups in total. The Morgan fingerprint density at radius 2 is 1.84 bits per heavy atom. The van der Waals surface area contributed by atoms with Crippen LogP contribution in [0.3, 0.4) is 0 Å². The fourth-order valence-electron chi connectivity index (χ4n) is 3.43. The number of rotatable bonds is 5. The zero-order valence-electron chi connectivity index (χ0n) is 17.0. The average molecular weight is 445 g/mol. The van der Waals surface area contributed by atoms with Crippen molar-refractivity contribution in [2.45, 2.75) is 32.1 Å². The topological polar surface area (TPSA) is 116 Å². The van der Waals surface area contributed by atoms with Crippen LogP contribution < -0.4 is 11.2 Å². The highest BCUT2D eigenvalue weighted by Gasteiger charge is 2.21. The first-order chi connectivity index (χ1) is 14.9. The number of nitrogens with zero attached hydrogens (tertiary/aromatic N) is 6. The first kappa shape index (κ1) is 21.0. The van der Waals surface area contributed by atoms with Gasteiger partial charge < -0.3 is 9.42 Å². The maximum atomic E-state index is 12.6. The summed E-state index contributed by atoms with van der Waals surface area (Å²) in [5, 5.41) is 8.49. The van der Waals surface area contributed by atoms with Gasteiger partial charge in [0.25, 0.3) is 5.56 Å². The molecule has 2 aromatic heterocycles. The van der Waals surface area contributed by atoms with E-state index in [1.54, 1.807) is 24.3 Å². The molecule has 0 atom stereocenters. The molecule has 0 spiro atoms. The summed E-state index contributed by atoms with van der Waals surface area (Å²) in [4.78, 5) is 43.5. The molecule has 3 aromatic rings. The van der Waals surface area contributed by atoms with E-state index in [9.17, 15) is 14.4 Å². The lowest BCUT2D eigenvalue weighted by molar-refractivity contribution is -0.132. The van der Waals surface area contributed by atoms with Crippen molar-refractivity contribution in [2.75, 3.05) is 13.1 Å². The normalized spacial score (nSPS) is 14.1. The molecule has 0 radical (unpaired) electrons.